The highest BCUT2D eigenvalue weighted by molar-refractivity contribution is 7.10. The molecule has 2 aliphatic rings. The molecule has 1 aromatic heterocycles. The highest BCUT2D eigenvalue weighted by Gasteiger charge is 2.23. The highest BCUT2D eigenvalue weighted by atomic mass is 32.1. The molecule has 3 heterocycles. The van der Waals surface area contributed by atoms with E-state index >= 15 is 0 Å². The molecule has 4 rings (SSSR count). The minimum absolute atomic E-state index is 0.218. The fraction of sp³-hybridized carbons (Fsp3) is 0.375. The lowest BCUT2D eigenvalue weighted by Crippen LogP contribution is -2.29. The number of nitrogens with one attached hydrogen (secondary N) is 1. The van der Waals surface area contributed by atoms with Gasteiger partial charge in [0.1, 0.15) is 25.1 Å². The van der Waals surface area contributed by atoms with Gasteiger partial charge in [0.25, 0.3) is 0 Å². The Bertz CT molecular complexity index is 615. The van der Waals surface area contributed by atoms with Crippen LogP contribution < -0.4 is 19.5 Å². The smallest absolute Gasteiger partial charge is 0.176 e. The first kappa shape index (κ1) is 13.0. The molecule has 1 unspecified atom stereocenters. The Morgan fingerprint density at radius 1 is 1.14 bits per heavy atom. The van der Waals surface area contributed by atoms with Crippen LogP contribution in [0.15, 0.2) is 29.6 Å². The van der Waals surface area contributed by atoms with Crippen molar-refractivity contribution in [1.29, 1.82) is 0 Å². The number of hydrogen-bond acceptors (Lipinski definition) is 5. The van der Waals surface area contributed by atoms with Gasteiger partial charge in [-0.2, -0.15) is 0 Å². The van der Waals surface area contributed by atoms with Gasteiger partial charge in [-0.05, 0) is 11.6 Å². The van der Waals surface area contributed by atoms with E-state index in [1.165, 1.54) is 10.4 Å². The number of ether oxygens (including phenoxy) is 3. The van der Waals surface area contributed by atoms with E-state index in [4.69, 9.17) is 14.2 Å². The summed E-state index contributed by atoms with van der Waals surface area (Å²) in [5.74, 6) is 2.82. The Kier molecular flexibility index (Phi) is 3.45. The fourth-order valence-electron chi connectivity index (χ4n) is 2.75. The van der Waals surface area contributed by atoms with Crippen LogP contribution in [-0.4, -0.2) is 25.9 Å². The van der Waals surface area contributed by atoms with Crippen LogP contribution in [0, 0.1) is 0 Å². The maximum absolute atomic E-state index is 5.92. The lowest BCUT2D eigenvalue weighted by atomic mass is 10.1. The molecule has 0 spiro atoms. The van der Waals surface area contributed by atoms with Crippen molar-refractivity contribution < 1.29 is 14.2 Å². The lowest BCUT2D eigenvalue weighted by Gasteiger charge is -2.16. The van der Waals surface area contributed by atoms with Gasteiger partial charge in [0.05, 0.1) is 4.88 Å². The molecular weight excluding hydrogens is 286 g/mol. The summed E-state index contributed by atoms with van der Waals surface area (Å²) in [6.07, 6.45) is 1.20. The van der Waals surface area contributed by atoms with Crippen LogP contribution in [0.2, 0.25) is 0 Å². The Hall–Kier alpha value is -1.72. The fourth-order valence-corrected chi connectivity index (χ4v) is 3.63. The maximum atomic E-state index is 5.92. The second-order valence-electron chi connectivity index (χ2n) is 5.23. The van der Waals surface area contributed by atoms with E-state index < -0.39 is 0 Å². The quantitative estimate of drug-likeness (QED) is 0.942. The Labute approximate surface area is 127 Å². The van der Waals surface area contributed by atoms with Crippen molar-refractivity contribution in [2.24, 2.45) is 0 Å². The third-order valence-corrected chi connectivity index (χ3v) is 4.69. The number of benzene rings is 1. The molecule has 0 radical (unpaired) electrons. The molecule has 110 valence electrons. The molecule has 5 heteroatoms. The summed E-state index contributed by atoms with van der Waals surface area (Å²) >= 11 is 1.68. The van der Waals surface area contributed by atoms with Gasteiger partial charge in [0.2, 0.25) is 0 Å². The lowest BCUT2D eigenvalue weighted by molar-refractivity contribution is 0.171. The van der Waals surface area contributed by atoms with Gasteiger partial charge in [-0.1, -0.05) is 18.2 Å². The van der Waals surface area contributed by atoms with Gasteiger partial charge < -0.3 is 19.5 Å². The first-order chi connectivity index (χ1) is 10.4. The SMILES string of the molecule is c1ccc2c(c1)CC(CNCc1scc3c1OCCO3)O2. The average Bonchev–Trinajstić information content (AvgIpc) is 3.11. The predicted octanol–water partition coefficient (Wildman–Crippen LogP) is 2.61. The number of hydrogen-bond donors (Lipinski definition) is 1. The van der Waals surface area contributed by atoms with E-state index in [1.54, 1.807) is 11.3 Å². The van der Waals surface area contributed by atoms with Gasteiger partial charge in [-0.25, -0.2) is 0 Å². The van der Waals surface area contributed by atoms with Crippen molar-refractivity contribution >= 4 is 11.3 Å². The van der Waals surface area contributed by atoms with Gasteiger partial charge in [-0.15, -0.1) is 11.3 Å². The normalized spacial score (nSPS) is 19.1. The molecule has 1 N–H and O–H groups in total. The molecule has 0 bridgehead atoms. The predicted molar refractivity (Wildman–Crippen MR) is 81.6 cm³/mol. The van der Waals surface area contributed by atoms with Gasteiger partial charge in [0, 0.05) is 24.9 Å². The first-order valence-corrected chi connectivity index (χ1v) is 8.09. The van der Waals surface area contributed by atoms with Crippen LogP contribution in [0.4, 0.5) is 0 Å². The summed E-state index contributed by atoms with van der Waals surface area (Å²) in [4.78, 5) is 1.19. The van der Waals surface area contributed by atoms with Crippen LogP contribution in [-0.2, 0) is 13.0 Å². The monoisotopic (exact) mass is 303 g/mol. The minimum atomic E-state index is 0.218. The Morgan fingerprint density at radius 3 is 3.00 bits per heavy atom. The molecular formula is C16H17NO3S. The van der Waals surface area contributed by atoms with Crippen molar-refractivity contribution in [3.63, 3.8) is 0 Å². The highest BCUT2D eigenvalue weighted by Crippen LogP contribution is 2.39. The number of fused-ring (bicyclic) bond motifs is 2. The summed E-state index contributed by atoms with van der Waals surface area (Å²) in [5.41, 5.74) is 1.30. The first-order valence-electron chi connectivity index (χ1n) is 7.21. The third kappa shape index (κ3) is 2.59. The summed E-state index contributed by atoms with van der Waals surface area (Å²) < 4.78 is 17.2. The molecule has 0 fully saturated rings. The molecule has 2 aliphatic heterocycles. The topological polar surface area (TPSA) is 39.7 Å². The standard InChI is InChI=1S/C16H17NO3S/c1-2-4-13-11(3-1)7-12(20-13)8-17-9-15-16-14(10-21-15)18-5-6-19-16/h1-4,10,12,17H,5-9H2. The van der Waals surface area contributed by atoms with E-state index in [9.17, 15) is 0 Å². The molecule has 1 atom stereocenters. The van der Waals surface area contributed by atoms with E-state index in [-0.39, 0.29) is 6.10 Å². The van der Waals surface area contributed by atoms with Crippen molar-refractivity contribution in [3.05, 3.63) is 40.1 Å². The van der Waals surface area contributed by atoms with Crippen molar-refractivity contribution in [2.45, 2.75) is 19.1 Å². The van der Waals surface area contributed by atoms with E-state index in [1.807, 2.05) is 17.5 Å². The molecule has 0 saturated carbocycles. The van der Waals surface area contributed by atoms with Gasteiger partial charge in [-0.3, -0.25) is 0 Å². The molecule has 0 aliphatic carbocycles. The van der Waals surface area contributed by atoms with E-state index in [2.05, 4.69) is 17.4 Å². The summed E-state index contributed by atoms with van der Waals surface area (Å²) in [5, 5.41) is 5.49. The van der Waals surface area contributed by atoms with Crippen LogP contribution in [0.1, 0.15) is 10.4 Å². The van der Waals surface area contributed by atoms with Crippen molar-refractivity contribution in [3.8, 4) is 17.2 Å². The molecule has 2 aromatic rings. The van der Waals surface area contributed by atoms with Gasteiger partial charge in [0.15, 0.2) is 11.5 Å². The second kappa shape index (κ2) is 5.58. The third-order valence-electron chi connectivity index (χ3n) is 3.74. The number of para-hydroxylation sites is 1. The Balaban J connectivity index is 1.32. The Morgan fingerprint density at radius 2 is 2.05 bits per heavy atom. The average molecular weight is 303 g/mol. The summed E-state index contributed by atoms with van der Waals surface area (Å²) in [6, 6.07) is 8.25. The zero-order chi connectivity index (χ0) is 14.1. The molecule has 0 saturated heterocycles. The number of thiophene rings is 1. The zero-order valence-corrected chi connectivity index (χ0v) is 12.4. The van der Waals surface area contributed by atoms with Gasteiger partial charge >= 0.3 is 0 Å². The summed E-state index contributed by atoms with van der Waals surface area (Å²) in [6.45, 7) is 2.91. The van der Waals surface area contributed by atoms with Crippen LogP contribution in [0.3, 0.4) is 0 Å². The van der Waals surface area contributed by atoms with Crippen LogP contribution in [0.25, 0.3) is 0 Å². The van der Waals surface area contributed by atoms with E-state index in [0.29, 0.717) is 13.2 Å². The maximum Gasteiger partial charge on any atom is 0.176 e. The number of rotatable bonds is 4. The van der Waals surface area contributed by atoms with Crippen LogP contribution >= 0.6 is 11.3 Å². The van der Waals surface area contributed by atoms with Crippen molar-refractivity contribution in [1.82, 2.24) is 5.32 Å². The summed E-state index contributed by atoms with van der Waals surface area (Å²) in [7, 11) is 0. The zero-order valence-electron chi connectivity index (χ0n) is 11.6. The minimum Gasteiger partial charge on any atom is -0.488 e. The molecule has 1 aromatic carbocycles. The van der Waals surface area contributed by atoms with E-state index in [0.717, 1.165) is 36.8 Å². The second-order valence-corrected chi connectivity index (χ2v) is 6.20. The van der Waals surface area contributed by atoms with Crippen molar-refractivity contribution in [2.75, 3.05) is 19.8 Å². The molecule has 0 amide bonds. The molecule has 21 heavy (non-hydrogen) atoms. The molecule has 4 nitrogen and oxygen atoms in total. The largest absolute Gasteiger partial charge is 0.488 e. The van der Waals surface area contributed by atoms with Crippen LogP contribution in [0.5, 0.6) is 17.2 Å².